The first-order valence-corrected chi connectivity index (χ1v) is 5.78. The van der Waals surface area contributed by atoms with Gasteiger partial charge < -0.3 is 10.4 Å². The molecule has 3 aromatic rings. The third-order valence-corrected chi connectivity index (χ3v) is 2.95. The molecule has 0 unspecified atom stereocenters. The van der Waals surface area contributed by atoms with Crippen molar-refractivity contribution in [2.75, 3.05) is 6.73 Å². The second-order valence-electron chi connectivity index (χ2n) is 3.84. The summed E-state index contributed by atoms with van der Waals surface area (Å²) in [7, 11) is 0. The largest absolute Gasteiger partial charge is 0.376 e. The molecule has 1 amide bonds. The maximum atomic E-state index is 11.9. The molecule has 8 heteroatoms. The lowest BCUT2D eigenvalue weighted by Crippen LogP contribution is -2.24. The van der Waals surface area contributed by atoms with Crippen LogP contribution in [-0.4, -0.2) is 37.8 Å². The molecule has 0 saturated heterocycles. The van der Waals surface area contributed by atoms with Crippen molar-refractivity contribution in [3.8, 4) is 0 Å². The van der Waals surface area contributed by atoms with Crippen LogP contribution in [0.25, 0.3) is 16.6 Å². The molecule has 0 radical (unpaired) electrons. The topological polar surface area (TPSA) is 92.4 Å². The first kappa shape index (κ1) is 11.8. The fourth-order valence-electron chi connectivity index (χ4n) is 1.89. The maximum absolute atomic E-state index is 11.9. The Kier molecular flexibility index (Phi) is 2.77. The lowest BCUT2D eigenvalue weighted by Gasteiger charge is -2.06. The first-order chi connectivity index (χ1) is 9.20. The summed E-state index contributed by atoms with van der Waals surface area (Å²) in [5.41, 5.74) is 1.29. The number of hydrogen-bond acceptors (Lipinski definition) is 5. The zero-order chi connectivity index (χ0) is 13.4. The number of pyridine rings is 1. The van der Waals surface area contributed by atoms with Gasteiger partial charge in [-0.2, -0.15) is 4.52 Å². The number of tetrazole rings is 1. The van der Waals surface area contributed by atoms with E-state index >= 15 is 0 Å². The number of halogens is 1. The van der Waals surface area contributed by atoms with Crippen molar-refractivity contribution < 1.29 is 9.90 Å². The summed E-state index contributed by atoms with van der Waals surface area (Å²) in [6, 6.07) is 6.86. The molecular weight excluding hydrogens is 270 g/mol. The zero-order valence-electron chi connectivity index (χ0n) is 9.54. The minimum atomic E-state index is -0.453. The average Bonchev–Trinajstić information content (AvgIpc) is 2.87. The lowest BCUT2D eigenvalue weighted by molar-refractivity contribution is 0.0911. The Morgan fingerprint density at radius 1 is 1.42 bits per heavy atom. The summed E-state index contributed by atoms with van der Waals surface area (Å²) in [6.07, 6.45) is 0. The second kappa shape index (κ2) is 4.45. The van der Waals surface area contributed by atoms with Crippen LogP contribution in [0.5, 0.6) is 0 Å². The standard InChI is InChI=1S/C11H8ClN5O2/c12-7-2-1-6-3-8(11(19)13-5-18)10-14-15-16-17(10)9(6)4-7/h1-4,18H,5H2,(H,13,19). The van der Waals surface area contributed by atoms with Crippen LogP contribution >= 0.6 is 11.6 Å². The molecular formula is C11H8ClN5O2. The molecule has 2 aromatic heterocycles. The molecule has 0 spiro atoms. The SMILES string of the molecule is O=C(NCO)c1cc2ccc(Cl)cc2n2nnnc12. The van der Waals surface area contributed by atoms with Crippen molar-refractivity contribution in [3.63, 3.8) is 0 Å². The number of carbonyl (C=O) groups is 1. The molecule has 7 nitrogen and oxygen atoms in total. The van der Waals surface area contributed by atoms with Crippen LogP contribution in [0.4, 0.5) is 0 Å². The van der Waals surface area contributed by atoms with E-state index in [0.717, 1.165) is 5.39 Å². The van der Waals surface area contributed by atoms with Crippen LogP contribution in [0.2, 0.25) is 5.02 Å². The molecule has 2 heterocycles. The van der Waals surface area contributed by atoms with E-state index < -0.39 is 12.6 Å². The van der Waals surface area contributed by atoms with Gasteiger partial charge in [-0.3, -0.25) is 4.79 Å². The summed E-state index contributed by atoms with van der Waals surface area (Å²) >= 11 is 5.94. The fraction of sp³-hybridized carbons (Fsp3) is 0.0909. The zero-order valence-corrected chi connectivity index (χ0v) is 10.3. The van der Waals surface area contributed by atoms with Crippen molar-refractivity contribution in [1.82, 2.24) is 25.4 Å². The highest BCUT2D eigenvalue weighted by atomic mass is 35.5. The van der Waals surface area contributed by atoms with Gasteiger partial charge in [-0.25, -0.2) is 0 Å². The number of rotatable bonds is 2. The number of aliphatic hydroxyl groups excluding tert-OH is 1. The fourth-order valence-corrected chi connectivity index (χ4v) is 2.06. The Morgan fingerprint density at radius 3 is 3.05 bits per heavy atom. The third kappa shape index (κ3) is 1.88. The van der Waals surface area contributed by atoms with E-state index in [-0.39, 0.29) is 5.56 Å². The van der Waals surface area contributed by atoms with Crippen LogP contribution in [-0.2, 0) is 0 Å². The van der Waals surface area contributed by atoms with E-state index in [0.29, 0.717) is 16.2 Å². The summed E-state index contributed by atoms with van der Waals surface area (Å²) in [4.78, 5) is 11.9. The lowest BCUT2D eigenvalue weighted by atomic mass is 10.1. The Balaban J connectivity index is 2.35. The highest BCUT2D eigenvalue weighted by Crippen LogP contribution is 2.22. The van der Waals surface area contributed by atoms with Crippen LogP contribution < -0.4 is 5.32 Å². The van der Waals surface area contributed by atoms with Crippen molar-refractivity contribution in [2.24, 2.45) is 0 Å². The summed E-state index contributed by atoms with van der Waals surface area (Å²) in [5, 5.41) is 23.6. The van der Waals surface area contributed by atoms with Crippen LogP contribution in [0.3, 0.4) is 0 Å². The highest BCUT2D eigenvalue weighted by Gasteiger charge is 2.15. The molecule has 0 atom stereocenters. The number of fused-ring (bicyclic) bond motifs is 3. The normalized spacial score (nSPS) is 11.1. The number of nitrogens with zero attached hydrogens (tertiary/aromatic N) is 4. The molecule has 1 aromatic carbocycles. The number of aliphatic hydroxyl groups is 1. The predicted octanol–water partition coefficient (Wildman–Crippen LogP) is 0.611. The van der Waals surface area contributed by atoms with Gasteiger partial charge in [0, 0.05) is 10.4 Å². The van der Waals surface area contributed by atoms with Gasteiger partial charge in [0.2, 0.25) is 0 Å². The van der Waals surface area contributed by atoms with Crippen molar-refractivity contribution in [2.45, 2.75) is 0 Å². The Morgan fingerprint density at radius 2 is 2.26 bits per heavy atom. The molecule has 2 N–H and O–H groups in total. The maximum Gasteiger partial charge on any atom is 0.256 e. The molecule has 3 rings (SSSR count). The van der Waals surface area contributed by atoms with Gasteiger partial charge in [0.15, 0.2) is 5.65 Å². The summed E-state index contributed by atoms with van der Waals surface area (Å²) < 4.78 is 1.44. The van der Waals surface area contributed by atoms with Crippen molar-refractivity contribution in [1.29, 1.82) is 0 Å². The number of carbonyl (C=O) groups excluding carboxylic acids is 1. The molecule has 0 aliphatic heterocycles. The van der Waals surface area contributed by atoms with E-state index in [4.69, 9.17) is 16.7 Å². The quantitative estimate of drug-likeness (QED) is 0.670. The predicted molar refractivity (Wildman–Crippen MR) is 67.9 cm³/mol. The average molecular weight is 278 g/mol. The third-order valence-electron chi connectivity index (χ3n) is 2.72. The smallest absolute Gasteiger partial charge is 0.256 e. The number of benzene rings is 1. The van der Waals surface area contributed by atoms with Gasteiger partial charge in [0.05, 0.1) is 11.1 Å². The summed E-state index contributed by atoms with van der Waals surface area (Å²) in [5.74, 6) is -0.445. The minimum Gasteiger partial charge on any atom is -0.376 e. The molecule has 0 fully saturated rings. The molecule has 0 bridgehead atoms. The van der Waals surface area contributed by atoms with Crippen molar-refractivity contribution >= 4 is 34.1 Å². The van der Waals surface area contributed by atoms with E-state index in [1.54, 1.807) is 24.3 Å². The monoisotopic (exact) mass is 277 g/mol. The summed E-state index contributed by atoms with van der Waals surface area (Å²) in [6.45, 7) is -0.453. The van der Waals surface area contributed by atoms with E-state index in [9.17, 15) is 4.79 Å². The highest BCUT2D eigenvalue weighted by molar-refractivity contribution is 6.31. The number of hydrogen-bond donors (Lipinski definition) is 2. The molecule has 0 saturated carbocycles. The molecule has 96 valence electrons. The van der Waals surface area contributed by atoms with E-state index in [2.05, 4.69) is 20.8 Å². The van der Waals surface area contributed by atoms with Gasteiger partial charge in [0.25, 0.3) is 5.91 Å². The van der Waals surface area contributed by atoms with Crippen molar-refractivity contribution in [3.05, 3.63) is 34.9 Å². The Bertz CT molecular complexity index is 785. The molecule has 0 aliphatic rings. The Labute approximate surface area is 111 Å². The van der Waals surface area contributed by atoms with Gasteiger partial charge in [-0.05, 0) is 28.6 Å². The van der Waals surface area contributed by atoms with E-state index in [1.807, 2.05) is 0 Å². The first-order valence-electron chi connectivity index (χ1n) is 5.40. The number of amides is 1. The van der Waals surface area contributed by atoms with Crippen LogP contribution in [0, 0.1) is 0 Å². The van der Waals surface area contributed by atoms with Crippen LogP contribution in [0.15, 0.2) is 24.3 Å². The van der Waals surface area contributed by atoms with Gasteiger partial charge >= 0.3 is 0 Å². The Hall–Kier alpha value is -2.25. The minimum absolute atomic E-state index is 0.286. The van der Waals surface area contributed by atoms with Crippen LogP contribution in [0.1, 0.15) is 10.4 Å². The number of nitrogens with one attached hydrogen (secondary N) is 1. The molecule has 19 heavy (non-hydrogen) atoms. The molecule has 0 aliphatic carbocycles. The number of aromatic nitrogens is 4. The van der Waals surface area contributed by atoms with E-state index in [1.165, 1.54) is 4.52 Å². The van der Waals surface area contributed by atoms with Gasteiger partial charge in [-0.1, -0.05) is 17.7 Å². The van der Waals surface area contributed by atoms with Gasteiger partial charge in [-0.15, -0.1) is 5.10 Å². The van der Waals surface area contributed by atoms with Gasteiger partial charge in [0.1, 0.15) is 6.73 Å². The second-order valence-corrected chi connectivity index (χ2v) is 4.28.